The highest BCUT2D eigenvalue weighted by molar-refractivity contribution is 5.29. The van der Waals surface area contributed by atoms with Crippen molar-refractivity contribution in [1.29, 1.82) is 0 Å². The van der Waals surface area contributed by atoms with E-state index in [1.807, 2.05) is 12.1 Å². The lowest BCUT2D eigenvalue weighted by atomic mass is 9.76. The maximum Gasteiger partial charge on any atom is 0.115 e. The second-order valence-electron chi connectivity index (χ2n) is 4.40. The summed E-state index contributed by atoms with van der Waals surface area (Å²) >= 11 is 0. The van der Waals surface area contributed by atoms with E-state index in [1.165, 1.54) is 12.0 Å². The van der Waals surface area contributed by atoms with Gasteiger partial charge in [-0.25, -0.2) is 0 Å². The van der Waals surface area contributed by atoms with Gasteiger partial charge >= 0.3 is 0 Å². The molecule has 2 heteroatoms. The molecule has 0 radical (unpaired) electrons. The highest BCUT2D eigenvalue weighted by atomic mass is 19.1. The number of hydrogen-bond donors (Lipinski definition) is 1. The zero-order valence-electron chi connectivity index (χ0n) is 8.82. The van der Waals surface area contributed by atoms with Gasteiger partial charge in [-0.3, -0.25) is 4.39 Å². The van der Waals surface area contributed by atoms with Gasteiger partial charge < -0.3 is 5.11 Å². The summed E-state index contributed by atoms with van der Waals surface area (Å²) in [6, 6.07) is 7.24. The van der Waals surface area contributed by atoms with Crippen molar-refractivity contribution < 1.29 is 9.50 Å². The van der Waals surface area contributed by atoms with Crippen LogP contribution < -0.4 is 0 Å². The van der Waals surface area contributed by atoms with Crippen molar-refractivity contribution >= 4 is 0 Å². The van der Waals surface area contributed by atoms with Crippen molar-refractivity contribution in [2.45, 2.75) is 31.6 Å². The number of rotatable bonds is 2. The molecule has 0 amide bonds. The van der Waals surface area contributed by atoms with Gasteiger partial charge in [0, 0.05) is 0 Å². The Labute approximate surface area is 89.9 Å². The van der Waals surface area contributed by atoms with Crippen molar-refractivity contribution in [3.8, 4) is 5.75 Å². The van der Waals surface area contributed by atoms with Gasteiger partial charge in [0.05, 0.1) is 6.67 Å². The number of benzene rings is 1. The molecule has 1 fully saturated rings. The van der Waals surface area contributed by atoms with Crippen LogP contribution in [-0.2, 0) is 0 Å². The third-order valence-corrected chi connectivity index (χ3v) is 3.43. The number of aromatic hydroxyl groups is 1. The van der Waals surface area contributed by atoms with E-state index >= 15 is 0 Å². The molecule has 0 heterocycles. The minimum Gasteiger partial charge on any atom is -0.508 e. The van der Waals surface area contributed by atoms with Crippen molar-refractivity contribution in [3.63, 3.8) is 0 Å². The van der Waals surface area contributed by atoms with Gasteiger partial charge in [-0.2, -0.15) is 0 Å². The minimum absolute atomic E-state index is 0.184. The topological polar surface area (TPSA) is 20.2 Å². The van der Waals surface area contributed by atoms with Crippen LogP contribution in [0.15, 0.2) is 24.3 Å². The first-order valence-electron chi connectivity index (χ1n) is 5.66. The first-order valence-corrected chi connectivity index (χ1v) is 5.66. The fourth-order valence-corrected chi connectivity index (χ4v) is 2.55. The first-order chi connectivity index (χ1) is 7.31. The molecular formula is C13H17FO. The fourth-order valence-electron chi connectivity index (χ4n) is 2.55. The molecule has 1 N–H and O–H groups in total. The molecule has 0 bridgehead atoms. The maximum absolute atomic E-state index is 12.8. The van der Waals surface area contributed by atoms with Gasteiger partial charge in [0.2, 0.25) is 0 Å². The van der Waals surface area contributed by atoms with Crippen LogP contribution in [0.2, 0.25) is 0 Å². The van der Waals surface area contributed by atoms with E-state index in [-0.39, 0.29) is 18.3 Å². The third-order valence-electron chi connectivity index (χ3n) is 3.43. The summed E-state index contributed by atoms with van der Waals surface area (Å²) < 4.78 is 12.8. The lowest BCUT2D eigenvalue weighted by Gasteiger charge is -2.29. The van der Waals surface area contributed by atoms with Gasteiger partial charge in [-0.1, -0.05) is 25.0 Å². The first kappa shape index (κ1) is 10.5. The second-order valence-corrected chi connectivity index (χ2v) is 4.40. The Kier molecular flexibility index (Phi) is 3.24. The highest BCUT2D eigenvalue weighted by Crippen LogP contribution is 2.38. The van der Waals surface area contributed by atoms with Crippen LogP contribution >= 0.6 is 0 Å². The van der Waals surface area contributed by atoms with Crippen LogP contribution in [0, 0.1) is 5.92 Å². The number of phenolic OH excluding ortho intramolecular Hbond substituents is 1. The molecule has 82 valence electrons. The Balaban J connectivity index is 2.16. The Morgan fingerprint density at radius 1 is 1.13 bits per heavy atom. The predicted octanol–water partition coefficient (Wildman–Crippen LogP) is 3.64. The molecule has 1 aromatic carbocycles. The van der Waals surface area contributed by atoms with E-state index < -0.39 is 0 Å². The third kappa shape index (κ3) is 2.31. The molecule has 1 aliphatic carbocycles. The molecule has 0 aliphatic heterocycles. The fraction of sp³-hybridized carbons (Fsp3) is 0.538. The Morgan fingerprint density at radius 3 is 2.47 bits per heavy atom. The molecule has 0 saturated heterocycles. The van der Waals surface area contributed by atoms with Crippen LogP contribution in [0.5, 0.6) is 5.75 Å². The van der Waals surface area contributed by atoms with Crippen LogP contribution in [0.4, 0.5) is 4.39 Å². The summed E-state index contributed by atoms with van der Waals surface area (Å²) in [6.45, 7) is -0.217. The van der Waals surface area contributed by atoms with E-state index in [0.717, 1.165) is 19.3 Å². The van der Waals surface area contributed by atoms with Gasteiger partial charge in [-0.15, -0.1) is 0 Å². The molecule has 1 nitrogen and oxygen atoms in total. The number of alkyl halides is 1. The van der Waals surface area contributed by atoms with E-state index in [0.29, 0.717) is 5.92 Å². The summed E-state index contributed by atoms with van der Waals surface area (Å²) in [6.07, 6.45) is 4.44. The predicted molar refractivity (Wildman–Crippen MR) is 58.8 cm³/mol. The van der Waals surface area contributed by atoms with Crippen LogP contribution in [0.3, 0.4) is 0 Å². The van der Waals surface area contributed by atoms with Crippen molar-refractivity contribution in [2.24, 2.45) is 5.92 Å². The molecule has 1 aliphatic rings. The van der Waals surface area contributed by atoms with Gasteiger partial charge in [-0.05, 0) is 42.4 Å². The Hall–Kier alpha value is -1.05. The molecule has 2 unspecified atom stereocenters. The van der Waals surface area contributed by atoms with Crippen LogP contribution in [-0.4, -0.2) is 11.8 Å². The monoisotopic (exact) mass is 208 g/mol. The zero-order valence-corrected chi connectivity index (χ0v) is 8.82. The van der Waals surface area contributed by atoms with E-state index in [9.17, 15) is 9.50 Å². The Bertz CT molecular complexity index is 307. The van der Waals surface area contributed by atoms with Gasteiger partial charge in [0.15, 0.2) is 0 Å². The molecule has 0 aromatic heterocycles. The van der Waals surface area contributed by atoms with E-state index in [4.69, 9.17) is 0 Å². The number of halogens is 1. The zero-order chi connectivity index (χ0) is 10.7. The summed E-state index contributed by atoms with van der Waals surface area (Å²) in [5, 5.41) is 9.20. The molecule has 1 saturated carbocycles. The van der Waals surface area contributed by atoms with Crippen molar-refractivity contribution in [2.75, 3.05) is 6.67 Å². The summed E-state index contributed by atoms with van der Waals surface area (Å²) in [5.74, 6) is 0.819. The summed E-state index contributed by atoms with van der Waals surface area (Å²) in [5.41, 5.74) is 1.18. The van der Waals surface area contributed by atoms with Gasteiger partial charge in [0.1, 0.15) is 5.75 Å². The largest absolute Gasteiger partial charge is 0.508 e. The summed E-state index contributed by atoms with van der Waals surface area (Å²) in [4.78, 5) is 0. The van der Waals surface area contributed by atoms with Crippen LogP contribution in [0.1, 0.15) is 37.2 Å². The number of phenols is 1. The lowest BCUT2D eigenvalue weighted by Crippen LogP contribution is -2.19. The molecule has 2 atom stereocenters. The van der Waals surface area contributed by atoms with Crippen LogP contribution in [0.25, 0.3) is 0 Å². The quantitative estimate of drug-likeness (QED) is 0.786. The molecule has 1 aromatic rings. The smallest absolute Gasteiger partial charge is 0.115 e. The second kappa shape index (κ2) is 4.65. The summed E-state index contributed by atoms with van der Waals surface area (Å²) in [7, 11) is 0. The van der Waals surface area contributed by atoms with Crippen molar-refractivity contribution in [3.05, 3.63) is 29.8 Å². The maximum atomic E-state index is 12.8. The van der Waals surface area contributed by atoms with E-state index in [1.54, 1.807) is 12.1 Å². The van der Waals surface area contributed by atoms with Gasteiger partial charge in [0.25, 0.3) is 0 Å². The molecular weight excluding hydrogens is 191 g/mol. The van der Waals surface area contributed by atoms with Crippen molar-refractivity contribution in [1.82, 2.24) is 0 Å². The lowest BCUT2D eigenvalue weighted by molar-refractivity contribution is 0.245. The average molecular weight is 208 g/mol. The number of hydrogen-bond acceptors (Lipinski definition) is 1. The van der Waals surface area contributed by atoms with E-state index in [2.05, 4.69) is 0 Å². The highest BCUT2D eigenvalue weighted by Gasteiger charge is 2.26. The molecule has 0 spiro atoms. The molecule has 2 rings (SSSR count). The normalized spacial score (nSPS) is 26.5. The standard InChI is InChI=1S/C13H17FO/c14-9-11-3-1-2-4-13(11)10-5-7-12(15)8-6-10/h5-8,11,13,15H,1-4,9H2. The minimum atomic E-state index is -0.217. The Morgan fingerprint density at radius 2 is 1.80 bits per heavy atom. The molecule has 15 heavy (non-hydrogen) atoms. The SMILES string of the molecule is Oc1ccc(C2CCCCC2CF)cc1. The average Bonchev–Trinajstić information content (AvgIpc) is 2.30.